The number of nitrogens with two attached hydrogens (primary N) is 1. The van der Waals surface area contributed by atoms with Crippen LogP contribution >= 0.6 is 0 Å². The van der Waals surface area contributed by atoms with Crippen LogP contribution in [-0.4, -0.2) is 54.1 Å². The van der Waals surface area contributed by atoms with E-state index in [9.17, 15) is 0 Å². The average molecular weight is 236 g/mol. The molecule has 17 heavy (non-hydrogen) atoms. The zero-order chi connectivity index (χ0) is 12.3. The quantitative estimate of drug-likeness (QED) is 0.838. The first-order chi connectivity index (χ1) is 8.15. The highest BCUT2D eigenvalue weighted by atomic mass is 15.2. The van der Waals surface area contributed by atoms with Gasteiger partial charge in [-0.25, -0.2) is 0 Å². The number of likely N-dealkylation sites (N-methyl/N-ethyl adjacent to an activating group) is 1. The molecule has 0 amide bonds. The molecule has 1 atom stereocenters. The summed E-state index contributed by atoms with van der Waals surface area (Å²) in [4.78, 5) is 4.92. The highest BCUT2D eigenvalue weighted by Gasteiger charge is 2.13. The highest BCUT2D eigenvalue weighted by molar-refractivity contribution is 5.13. The molecule has 4 heteroatoms. The number of nitrogens with zero attached hydrogens (tertiary/aromatic N) is 3. The Balaban J connectivity index is 1.77. The molecule has 1 aromatic heterocycles. The molecule has 1 unspecified atom stereocenters. The molecule has 1 aromatic rings. The zero-order valence-electron chi connectivity index (χ0n) is 11.0. The number of hydrogen-bond acceptors (Lipinski definition) is 3. The SMILES string of the molecule is CC(N)c1ccn(CCN2CCN(C)CC2)c1. The molecule has 0 aromatic carbocycles. The van der Waals surface area contributed by atoms with Crippen LogP contribution in [0.1, 0.15) is 18.5 Å². The van der Waals surface area contributed by atoms with Crippen molar-refractivity contribution in [1.29, 1.82) is 0 Å². The summed E-state index contributed by atoms with van der Waals surface area (Å²) in [6.07, 6.45) is 4.30. The van der Waals surface area contributed by atoms with Crippen molar-refractivity contribution in [3.63, 3.8) is 0 Å². The summed E-state index contributed by atoms with van der Waals surface area (Å²) in [5, 5.41) is 0. The van der Waals surface area contributed by atoms with Crippen molar-refractivity contribution in [3.8, 4) is 0 Å². The average Bonchev–Trinajstić information content (AvgIpc) is 2.77. The Hall–Kier alpha value is -0.840. The van der Waals surface area contributed by atoms with Crippen molar-refractivity contribution in [2.75, 3.05) is 39.8 Å². The van der Waals surface area contributed by atoms with Gasteiger partial charge in [0.25, 0.3) is 0 Å². The Kier molecular flexibility index (Phi) is 4.20. The molecule has 0 aliphatic carbocycles. The lowest BCUT2D eigenvalue weighted by Gasteiger charge is -2.32. The molecule has 96 valence electrons. The third kappa shape index (κ3) is 3.56. The Morgan fingerprint density at radius 1 is 1.24 bits per heavy atom. The van der Waals surface area contributed by atoms with Gasteiger partial charge in [-0.1, -0.05) is 0 Å². The topological polar surface area (TPSA) is 37.4 Å². The first-order valence-electron chi connectivity index (χ1n) is 6.47. The maximum absolute atomic E-state index is 5.85. The summed E-state index contributed by atoms with van der Waals surface area (Å²) in [7, 11) is 2.19. The minimum absolute atomic E-state index is 0.139. The van der Waals surface area contributed by atoms with Crippen LogP contribution in [0.15, 0.2) is 18.5 Å². The molecule has 0 bridgehead atoms. The molecule has 2 heterocycles. The Morgan fingerprint density at radius 3 is 2.53 bits per heavy atom. The van der Waals surface area contributed by atoms with Gasteiger partial charge in [0.15, 0.2) is 0 Å². The van der Waals surface area contributed by atoms with Crippen LogP contribution < -0.4 is 5.73 Å². The van der Waals surface area contributed by atoms with Crippen LogP contribution in [0.3, 0.4) is 0 Å². The maximum atomic E-state index is 5.85. The lowest BCUT2D eigenvalue weighted by atomic mass is 10.2. The molecule has 1 aliphatic rings. The van der Waals surface area contributed by atoms with E-state index in [1.165, 1.54) is 31.7 Å². The first-order valence-corrected chi connectivity index (χ1v) is 6.47. The number of rotatable bonds is 4. The smallest absolute Gasteiger partial charge is 0.0347 e. The monoisotopic (exact) mass is 236 g/mol. The lowest BCUT2D eigenvalue weighted by molar-refractivity contribution is 0.150. The van der Waals surface area contributed by atoms with Crippen molar-refractivity contribution in [3.05, 3.63) is 24.0 Å². The van der Waals surface area contributed by atoms with Gasteiger partial charge in [-0.05, 0) is 25.6 Å². The van der Waals surface area contributed by atoms with E-state index in [0.29, 0.717) is 0 Å². The van der Waals surface area contributed by atoms with Crippen LogP contribution in [0.5, 0.6) is 0 Å². The molecule has 2 N–H and O–H groups in total. The van der Waals surface area contributed by atoms with Gasteiger partial charge in [0.1, 0.15) is 0 Å². The molecular weight excluding hydrogens is 212 g/mol. The third-order valence-corrected chi connectivity index (χ3v) is 3.57. The summed E-state index contributed by atoms with van der Waals surface area (Å²) in [6.45, 7) is 9.00. The van der Waals surface area contributed by atoms with Crippen molar-refractivity contribution in [2.45, 2.75) is 19.5 Å². The Labute approximate surface area is 104 Å². The molecule has 1 fully saturated rings. The third-order valence-electron chi connectivity index (χ3n) is 3.57. The van der Waals surface area contributed by atoms with Gasteiger partial charge in [0.05, 0.1) is 0 Å². The zero-order valence-corrected chi connectivity index (χ0v) is 11.0. The van der Waals surface area contributed by atoms with Crippen LogP contribution in [0, 0.1) is 0 Å². The summed E-state index contributed by atoms with van der Waals surface area (Å²) in [6, 6.07) is 2.26. The minimum Gasteiger partial charge on any atom is -0.353 e. The van der Waals surface area contributed by atoms with E-state index in [2.05, 4.69) is 39.9 Å². The second kappa shape index (κ2) is 5.67. The second-order valence-electron chi connectivity index (χ2n) is 5.12. The maximum Gasteiger partial charge on any atom is 0.0347 e. The normalized spacial score (nSPS) is 20.6. The fourth-order valence-corrected chi connectivity index (χ4v) is 2.20. The van der Waals surface area contributed by atoms with E-state index < -0.39 is 0 Å². The Morgan fingerprint density at radius 2 is 1.94 bits per heavy atom. The summed E-state index contributed by atoms with van der Waals surface area (Å²) < 4.78 is 2.25. The van der Waals surface area contributed by atoms with Crippen molar-refractivity contribution in [2.24, 2.45) is 5.73 Å². The first kappa shape index (κ1) is 12.6. The Bertz CT molecular complexity index is 337. The van der Waals surface area contributed by atoms with Crippen LogP contribution in [0.2, 0.25) is 0 Å². The molecule has 1 saturated heterocycles. The van der Waals surface area contributed by atoms with Gasteiger partial charge in [-0.2, -0.15) is 0 Å². The van der Waals surface area contributed by atoms with Crippen LogP contribution in [-0.2, 0) is 6.54 Å². The van der Waals surface area contributed by atoms with Gasteiger partial charge >= 0.3 is 0 Å². The molecular formula is C13H24N4. The van der Waals surface area contributed by atoms with Crippen molar-refractivity contribution in [1.82, 2.24) is 14.4 Å². The van der Waals surface area contributed by atoms with Gasteiger partial charge in [-0.15, -0.1) is 0 Å². The predicted octanol–water partition coefficient (Wildman–Crippen LogP) is 0.755. The van der Waals surface area contributed by atoms with Gasteiger partial charge in [0, 0.05) is 57.7 Å². The van der Waals surface area contributed by atoms with E-state index in [0.717, 1.165) is 13.1 Å². The summed E-state index contributed by atoms with van der Waals surface area (Å²) >= 11 is 0. The molecule has 2 rings (SSSR count). The number of aromatic nitrogens is 1. The van der Waals surface area contributed by atoms with Crippen LogP contribution in [0.25, 0.3) is 0 Å². The predicted molar refractivity (Wildman–Crippen MR) is 71.0 cm³/mol. The summed E-state index contributed by atoms with van der Waals surface area (Å²) in [5.74, 6) is 0. The standard InChI is InChI=1S/C13H24N4/c1-12(14)13-3-4-17(11-13)10-9-16-7-5-15(2)6-8-16/h3-4,11-12H,5-10,14H2,1-2H3. The molecule has 1 aliphatic heterocycles. The van der Waals surface area contributed by atoms with Crippen molar-refractivity contribution < 1.29 is 0 Å². The van der Waals surface area contributed by atoms with Crippen molar-refractivity contribution >= 4 is 0 Å². The van der Waals surface area contributed by atoms with E-state index in [4.69, 9.17) is 5.73 Å². The largest absolute Gasteiger partial charge is 0.353 e. The molecule has 0 spiro atoms. The molecule has 0 saturated carbocycles. The molecule has 0 radical (unpaired) electrons. The fourth-order valence-electron chi connectivity index (χ4n) is 2.20. The fraction of sp³-hybridized carbons (Fsp3) is 0.692. The van der Waals surface area contributed by atoms with E-state index >= 15 is 0 Å². The van der Waals surface area contributed by atoms with Crippen LogP contribution in [0.4, 0.5) is 0 Å². The van der Waals surface area contributed by atoms with E-state index in [1.54, 1.807) is 0 Å². The minimum atomic E-state index is 0.139. The lowest BCUT2D eigenvalue weighted by Crippen LogP contribution is -2.45. The molecule has 4 nitrogen and oxygen atoms in total. The van der Waals surface area contributed by atoms with Gasteiger partial charge in [-0.3, -0.25) is 4.90 Å². The second-order valence-corrected chi connectivity index (χ2v) is 5.12. The highest BCUT2D eigenvalue weighted by Crippen LogP contribution is 2.09. The van der Waals surface area contributed by atoms with E-state index in [1.807, 2.05) is 6.92 Å². The van der Waals surface area contributed by atoms with Gasteiger partial charge in [0.2, 0.25) is 0 Å². The van der Waals surface area contributed by atoms with E-state index in [-0.39, 0.29) is 6.04 Å². The van der Waals surface area contributed by atoms with Gasteiger partial charge < -0.3 is 15.2 Å². The number of piperazine rings is 1. The number of hydrogen-bond donors (Lipinski definition) is 1. The summed E-state index contributed by atoms with van der Waals surface area (Å²) in [5.41, 5.74) is 7.08.